The van der Waals surface area contributed by atoms with Crippen molar-refractivity contribution in [3.05, 3.63) is 53.6 Å². The Morgan fingerprint density at radius 2 is 1.81 bits per heavy atom. The summed E-state index contributed by atoms with van der Waals surface area (Å²) in [4.78, 5) is 23.3. The number of rotatable bonds is 2. The zero-order valence-corrected chi connectivity index (χ0v) is 11.4. The van der Waals surface area contributed by atoms with Crippen molar-refractivity contribution >= 4 is 29.2 Å². The number of anilines is 1. The monoisotopic (exact) mass is 312 g/mol. The summed E-state index contributed by atoms with van der Waals surface area (Å²) < 4.78 is 27.0. The minimum Gasteiger partial charge on any atom is -0.308 e. The van der Waals surface area contributed by atoms with Gasteiger partial charge in [0.05, 0.1) is 0 Å². The summed E-state index contributed by atoms with van der Waals surface area (Å²) in [5, 5.41) is 4.71. The first kappa shape index (κ1) is 15.2. The molecule has 0 spiro atoms. The summed E-state index contributed by atoms with van der Waals surface area (Å²) in [6.07, 6.45) is 4.15. The van der Waals surface area contributed by atoms with Gasteiger partial charge in [0.2, 0.25) is 5.91 Å². The van der Waals surface area contributed by atoms with Gasteiger partial charge in [0, 0.05) is 10.7 Å². The summed E-state index contributed by atoms with van der Waals surface area (Å²) in [5.74, 6) is -6.11. The fraction of sp³-hybridized carbons (Fsp3) is 0.143. The first-order valence-electron chi connectivity index (χ1n) is 6.00. The number of amides is 3. The third-order valence-corrected chi connectivity index (χ3v) is 3.02. The van der Waals surface area contributed by atoms with Crippen molar-refractivity contribution in [1.82, 2.24) is 5.32 Å². The molecule has 2 rings (SSSR count). The fourth-order valence-corrected chi connectivity index (χ4v) is 1.86. The fourth-order valence-electron chi connectivity index (χ4n) is 1.74. The van der Waals surface area contributed by atoms with Crippen LogP contribution in [0.3, 0.4) is 0 Å². The third kappa shape index (κ3) is 3.88. The van der Waals surface area contributed by atoms with Crippen LogP contribution in [0.4, 0.5) is 19.3 Å². The summed E-state index contributed by atoms with van der Waals surface area (Å²) in [6.45, 7) is 0. The second-order valence-electron chi connectivity index (χ2n) is 4.35. The molecule has 0 bridgehead atoms. The highest BCUT2D eigenvalue weighted by Crippen LogP contribution is 2.30. The van der Waals surface area contributed by atoms with Crippen molar-refractivity contribution in [3.63, 3.8) is 0 Å². The molecule has 1 unspecified atom stereocenters. The first-order chi connectivity index (χ1) is 9.88. The molecule has 0 saturated carbocycles. The first-order valence-corrected chi connectivity index (χ1v) is 6.37. The lowest BCUT2D eigenvalue weighted by Gasteiger charge is -2.22. The Labute approximate surface area is 124 Å². The van der Waals surface area contributed by atoms with Crippen LogP contribution in [0, 0.1) is 5.92 Å². The molecule has 0 aliphatic heterocycles. The van der Waals surface area contributed by atoms with Crippen LogP contribution < -0.4 is 10.6 Å². The zero-order valence-electron chi connectivity index (χ0n) is 10.6. The Morgan fingerprint density at radius 3 is 2.43 bits per heavy atom. The molecule has 1 atom stereocenters. The van der Waals surface area contributed by atoms with Gasteiger partial charge in [-0.15, -0.1) is 0 Å². The molecule has 0 aromatic heterocycles. The number of benzene rings is 1. The van der Waals surface area contributed by atoms with Gasteiger partial charge in [-0.3, -0.25) is 10.1 Å². The van der Waals surface area contributed by atoms with Gasteiger partial charge in [-0.25, -0.2) is 13.6 Å². The maximum absolute atomic E-state index is 13.5. The molecule has 7 heteroatoms. The summed E-state index contributed by atoms with van der Waals surface area (Å²) in [6, 6.07) is 5.24. The normalized spacial score (nSPS) is 19.1. The predicted octanol–water partition coefficient (Wildman–Crippen LogP) is 3.37. The number of halogens is 3. The highest BCUT2D eigenvalue weighted by atomic mass is 35.5. The quantitative estimate of drug-likeness (QED) is 0.879. The van der Waals surface area contributed by atoms with Gasteiger partial charge in [-0.05, 0) is 30.3 Å². The standard InChI is InChI=1S/C14H11ClF2N2O2/c15-9-4-6-10(7-5-9)18-13(21)19-12(20)11-3-1-2-8-14(11,16)17/h1-8,11H,(H2,18,19,20,21). The molecule has 0 fully saturated rings. The van der Waals surface area contributed by atoms with Crippen molar-refractivity contribution in [3.8, 4) is 0 Å². The van der Waals surface area contributed by atoms with E-state index in [0.717, 1.165) is 12.2 Å². The van der Waals surface area contributed by atoms with Crippen molar-refractivity contribution in [2.45, 2.75) is 5.92 Å². The highest BCUT2D eigenvalue weighted by Gasteiger charge is 2.41. The van der Waals surface area contributed by atoms with E-state index in [1.807, 2.05) is 5.32 Å². The lowest BCUT2D eigenvalue weighted by Crippen LogP contribution is -2.44. The van der Waals surface area contributed by atoms with E-state index in [-0.39, 0.29) is 0 Å². The van der Waals surface area contributed by atoms with E-state index in [0.29, 0.717) is 16.8 Å². The minimum absolute atomic E-state index is 0.385. The number of carbonyl (C=O) groups is 2. The van der Waals surface area contributed by atoms with Crippen molar-refractivity contribution in [2.24, 2.45) is 5.92 Å². The van der Waals surface area contributed by atoms with E-state index in [1.54, 1.807) is 12.1 Å². The van der Waals surface area contributed by atoms with Gasteiger partial charge < -0.3 is 5.32 Å². The number of allylic oxidation sites excluding steroid dienone is 3. The number of carbonyl (C=O) groups excluding carboxylic acids is 2. The van der Waals surface area contributed by atoms with Crippen LogP contribution in [0.25, 0.3) is 0 Å². The van der Waals surface area contributed by atoms with Crippen LogP contribution in [0.1, 0.15) is 0 Å². The maximum atomic E-state index is 13.5. The Bertz CT molecular complexity index is 612. The van der Waals surface area contributed by atoms with E-state index in [4.69, 9.17) is 11.6 Å². The molecule has 0 heterocycles. The molecule has 0 saturated heterocycles. The highest BCUT2D eigenvalue weighted by molar-refractivity contribution is 6.30. The Balaban J connectivity index is 1.96. The van der Waals surface area contributed by atoms with E-state index < -0.39 is 23.8 Å². The van der Waals surface area contributed by atoms with Crippen LogP contribution in [-0.2, 0) is 4.79 Å². The third-order valence-electron chi connectivity index (χ3n) is 2.77. The van der Waals surface area contributed by atoms with E-state index in [1.165, 1.54) is 18.2 Å². The topological polar surface area (TPSA) is 58.2 Å². The molecule has 21 heavy (non-hydrogen) atoms. The molecule has 1 aliphatic rings. The molecule has 0 radical (unpaired) electrons. The molecule has 2 N–H and O–H groups in total. The maximum Gasteiger partial charge on any atom is 0.325 e. The number of imide groups is 1. The number of nitrogens with one attached hydrogen (secondary N) is 2. The van der Waals surface area contributed by atoms with E-state index >= 15 is 0 Å². The van der Waals surface area contributed by atoms with Gasteiger partial charge in [0.1, 0.15) is 5.92 Å². The van der Waals surface area contributed by atoms with Crippen LogP contribution in [0.2, 0.25) is 5.02 Å². The predicted molar refractivity (Wildman–Crippen MR) is 75.3 cm³/mol. The molecule has 110 valence electrons. The average Bonchev–Trinajstić information content (AvgIpc) is 2.40. The number of hydrogen-bond donors (Lipinski definition) is 2. The summed E-state index contributed by atoms with van der Waals surface area (Å²) in [7, 11) is 0. The van der Waals surface area contributed by atoms with Crippen molar-refractivity contribution in [1.29, 1.82) is 0 Å². The summed E-state index contributed by atoms with van der Waals surface area (Å²) in [5.41, 5.74) is 0.385. The average molecular weight is 313 g/mol. The molecule has 4 nitrogen and oxygen atoms in total. The van der Waals surface area contributed by atoms with Crippen LogP contribution in [0.5, 0.6) is 0 Å². The van der Waals surface area contributed by atoms with Crippen LogP contribution in [-0.4, -0.2) is 17.9 Å². The second kappa shape index (κ2) is 6.05. The zero-order chi connectivity index (χ0) is 15.5. The SMILES string of the molecule is O=C(NC(=O)C1C=CC=CC1(F)F)Nc1ccc(Cl)cc1. The molecular weight excluding hydrogens is 302 g/mol. The van der Waals surface area contributed by atoms with Gasteiger partial charge in [0.25, 0.3) is 5.92 Å². The van der Waals surface area contributed by atoms with E-state index in [2.05, 4.69) is 5.32 Å². The smallest absolute Gasteiger partial charge is 0.308 e. The lowest BCUT2D eigenvalue weighted by atomic mass is 9.96. The van der Waals surface area contributed by atoms with E-state index in [9.17, 15) is 18.4 Å². The molecule has 1 aromatic carbocycles. The van der Waals surface area contributed by atoms with Crippen LogP contribution in [0.15, 0.2) is 48.6 Å². The molecule has 3 amide bonds. The van der Waals surface area contributed by atoms with Crippen molar-refractivity contribution in [2.75, 3.05) is 5.32 Å². The Hall–Kier alpha value is -2.21. The summed E-state index contributed by atoms with van der Waals surface area (Å²) >= 11 is 5.69. The largest absolute Gasteiger partial charge is 0.325 e. The van der Waals surface area contributed by atoms with Gasteiger partial charge >= 0.3 is 6.03 Å². The molecular formula is C14H11ClF2N2O2. The molecule has 1 aromatic rings. The Kier molecular flexibility index (Phi) is 4.37. The lowest BCUT2D eigenvalue weighted by molar-refractivity contribution is -0.130. The number of urea groups is 1. The Morgan fingerprint density at radius 1 is 1.14 bits per heavy atom. The van der Waals surface area contributed by atoms with Gasteiger partial charge in [0.15, 0.2) is 0 Å². The van der Waals surface area contributed by atoms with Crippen LogP contribution >= 0.6 is 11.6 Å². The van der Waals surface area contributed by atoms with Gasteiger partial charge in [-0.1, -0.05) is 29.8 Å². The van der Waals surface area contributed by atoms with Crippen molar-refractivity contribution < 1.29 is 18.4 Å². The number of alkyl halides is 2. The molecule has 1 aliphatic carbocycles. The number of hydrogen-bond acceptors (Lipinski definition) is 2. The minimum atomic E-state index is -3.32. The van der Waals surface area contributed by atoms with Gasteiger partial charge in [-0.2, -0.15) is 0 Å². The second-order valence-corrected chi connectivity index (χ2v) is 4.78.